The molecule has 0 unspecified atom stereocenters. The van der Waals surface area contributed by atoms with Crippen molar-refractivity contribution in [2.75, 3.05) is 10.2 Å². The van der Waals surface area contributed by atoms with Crippen LogP contribution in [0.5, 0.6) is 0 Å². The first kappa shape index (κ1) is 18.2. The van der Waals surface area contributed by atoms with Gasteiger partial charge in [-0.15, -0.1) is 0 Å². The molecule has 1 aliphatic rings. The predicted octanol–water partition coefficient (Wildman–Crippen LogP) is 4.68. The fraction of sp³-hybridized carbons (Fsp3) is 0.261. The van der Waals surface area contributed by atoms with Crippen LogP contribution in [0, 0.1) is 0 Å². The van der Waals surface area contributed by atoms with Crippen LogP contribution in [0.1, 0.15) is 41.6 Å². The van der Waals surface area contributed by atoms with Crippen molar-refractivity contribution < 1.29 is 4.79 Å². The van der Waals surface area contributed by atoms with Gasteiger partial charge in [-0.3, -0.25) is 4.79 Å². The van der Waals surface area contributed by atoms with E-state index in [1.54, 1.807) is 17.3 Å². The van der Waals surface area contributed by atoms with E-state index in [1.165, 1.54) is 12.8 Å². The molecule has 5 heteroatoms. The summed E-state index contributed by atoms with van der Waals surface area (Å²) in [7, 11) is 0. The molecule has 0 bridgehead atoms. The molecular weight excluding hydrogens is 348 g/mol. The van der Waals surface area contributed by atoms with Gasteiger partial charge in [-0.25, -0.2) is 9.97 Å². The largest absolute Gasteiger partial charge is 0.351 e. The number of carbonyl (C=O) groups excluding carboxylic acids is 1. The van der Waals surface area contributed by atoms with E-state index in [0.717, 1.165) is 24.1 Å². The quantitative estimate of drug-likeness (QED) is 0.683. The zero-order valence-corrected chi connectivity index (χ0v) is 15.8. The lowest BCUT2D eigenvalue weighted by atomic mass is 10.1. The molecule has 0 atom stereocenters. The number of hydrogen-bond donors (Lipinski definition) is 1. The van der Waals surface area contributed by atoms with Crippen LogP contribution in [0.4, 0.5) is 11.6 Å². The van der Waals surface area contributed by atoms with Gasteiger partial charge >= 0.3 is 0 Å². The summed E-state index contributed by atoms with van der Waals surface area (Å²) in [5, 5.41) is 3.36. The Morgan fingerprint density at radius 1 is 0.929 bits per heavy atom. The standard InChI is InChI=1S/C23H24N4O/c28-22(19-15-24-23(25-16-19)26-20-11-7-8-12-20)27(21-13-5-2-6-14-21)17-18-9-3-1-4-10-18/h1-6,9-10,13-16,20H,7-8,11-12,17H2,(H,24,25,26). The van der Waals surface area contributed by atoms with Gasteiger partial charge in [0.25, 0.3) is 5.91 Å². The highest BCUT2D eigenvalue weighted by molar-refractivity contribution is 6.05. The summed E-state index contributed by atoms with van der Waals surface area (Å²) in [6.45, 7) is 0.492. The maximum Gasteiger partial charge on any atom is 0.261 e. The smallest absolute Gasteiger partial charge is 0.261 e. The Bertz CT molecular complexity index is 891. The van der Waals surface area contributed by atoms with Crippen molar-refractivity contribution in [3.8, 4) is 0 Å². The van der Waals surface area contributed by atoms with Crippen LogP contribution in [-0.4, -0.2) is 21.9 Å². The van der Waals surface area contributed by atoms with Crippen LogP contribution < -0.4 is 10.2 Å². The van der Waals surface area contributed by atoms with Crippen LogP contribution in [0.15, 0.2) is 73.1 Å². The molecule has 28 heavy (non-hydrogen) atoms. The third-order valence-electron chi connectivity index (χ3n) is 5.08. The first-order chi connectivity index (χ1) is 13.8. The van der Waals surface area contributed by atoms with Crippen molar-refractivity contribution in [1.29, 1.82) is 0 Å². The average Bonchev–Trinajstić information content (AvgIpc) is 3.26. The first-order valence-electron chi connectivity index (χ1n) is 9.79. The fourth-order valence-corrected chi connectivity index (χ4v) is 3.58. The molecule has 1 heterocycles. The highest BCUT2D eigenvalue weighted by Gasteiger charge is 2.20. The molecule has 1 N–H and O–H groups in total. The summed E-state index contributed by atoms with van der Waals surface area (Å²) in [6.07, 6.45) is 8.05. The topological polar surface area (TPSA) is 58.1 Å². The summed E-state index contributed by atoms with van der Waals surface area (Å²) in [4.78, 5) is 23.7. The number of aromatic nitrogens is 2. The van der Waals surface area contributed by atoms with Crippen LogP contribution in [-0.2, 0) is 6.54 Å². The van der Waals surface area contributed by atoms with E-state index < -0.39 is 0 Å². The number of hydrogen-bond acceptors (Lipinski definition) is 4. The van der Waals surface area contributed by atoms with E-state index in [2.05, 4.69) is 15.3 Å². The van der Waals surface area contributed by atoms with Crippen molar-refractivity contribution in [3.05, 3.63) is 84.2 Å². The van der Waals surface area contributed by atoms with Gasteiger partial charge in [0.1, 0.15) is 0 Å². The van der Waals surface area contributed by atoms with Crippen molar-refractivity contribution in [2.24, 2.45) is 0 Å². The number of rotatable bonds is 6. The zero-order valence-electron chi connectivity index (χ0n) is 15.8. The first-order valence-corrected chi connectivity index (χ1v) is 9.79. The van der Waals surface area contributed by atoms with Crippen molar-refractivity contribution >= 4 is 17.5 Å². The third-order valence-corrected chi connectivity index (χ3v) is 5.08. The molecule has 1 aromatic heterocycles. The zero-order chi connectivity index (χ0) is 19.2. The van der Waals surface area contributed by atoms with E-state index in [1.807, 2.05) is 60.7 Å². The Morgan fingerprint density at radius 3 is 2.18 bits per heavy atom. The normalized spacial score (nSPS) is 14.0. The highest BCUT2D eigenvalue weighted by atomic mass is 16.2. The molecule has 0 spiro atoms. The van der Waals surface area contributed by atoms with Gasteiger partial charge in [0.05, 0.1) is 12.1 Å². The van der Waals surface area contributed by atoms with Gasteiger partial charge in [0.15, 0.2) is 0 Å². The maximum absolute atomic E-state index is 13.2. The molecular formula is C23H24N4O. The third kappa shape index (κ3) is 4.36. The molecule has 2 aromatic carbocycles. The lowest BCUT2D eigenvalue weighted by Crippen LogP contribution is -2.30. The van der Waals surface area contributed by atoms with Crippen LogP contribution in [0.3, 0.4) is 0 Å². The fourth-order valence-electron chi connectivity index (χ4n) is 3.58. The van der Waals surface area contributed by atoms with Crippen LogP contribution >= 0.6 is 0 Å². The maximum atomic E-state index is 13.2. The van der Waals surface area contributed by atoms with E-state index in [9.17, 15) is 4.79 Å². The monoisotopic (exact) mass is 372 g/mol. The minimum atomic E-state index is -0.109. The minimum absolute atomic E-state index is 0.109. The predicted molar refractivity (Wildman–Crippen MR) is 111 cm³/mol. The van der Waals surface area contributed by atoms with E-state index in [-0.39, 0.29) is 5.91 Å². The summed E-state index contributed by atoms with van der Waals surface area (Å²) in [5.74, 6) is 0.486. The number of amides is 1. The molecule has 1 aliphatic carbocycles. The summed E-state index contributed by atoms with van der Waals surface area (Å²) >= 11 is 0. The van der Waals surface area contributed by atoms with E-state index >= 15 is 0 Å². The number of nitrogens with zero attached hydrogens (tertiary/aromatic N) is 3. The molecule has 3 aromatic rings. The SMILES string of the molecule is O=C(c1cnc(NC2CCCC2)nc1)N(Cc1ccccc1)c1ccccc1. The Labute approximate surface area is 165 Å². The van der Waals surface area contributed by atoms with E-state index in [4.69, 9.17) is 0 Å². The molecule has 1 amide bonds. The number of nitrogens with one attached hydrogen (secondary N) is 1. The lowest BCUT2D eigenvalue weighted by molar-refractivity contribution is 0.0984. The molecule has 1 saturated carbocycles. The second-order valence-corrected chi connectivity index (χ2v) is 7.13. The number of anilines is 2. The second-order valence-electron chi connectivity index (χ2n) is 7.13. The second kappa shape index (κ2) is 8.65. The van der Waals surface area contributed by atoms with Gasteiger partial charge in [0.2, 0.25) is 5.95 Å². The van der Waals surface area contributed by atoms with Crippen LogP contribution in [0.2, 0.25) is 0 Å². The van der Waals surface area contributed by atoms with Gasteiger partial charge in [0, 0.05) is 24.1 Å². The summed E-state index contributed by atoms with van der Waals surface area (Å²) in [5.41, 5.74) is 2.40. The van der Waals surface area contributed by atoms with E-state index in [0.29, 0.717) is 24.1 Å². The van der Waals surface area contributed by atoms with Gasteiger partial charge in [-0.05, 0) is 30.5 Å². The van der Waals surface area contributed by atoms with Gasteiger partial charge in [-0.1, -0.05) is 61.4 Å². The lowest BCUT2D eigenvalue weighted by Gasteiger charge is -2.23. The number of para-hydroxylation sites is 1. The molecule has 0 saturated heterocycles. The van der Waals surface area contributed by atoms with Gasteiger partial charge in [-0.2, -0.15) is 0 Å². The average molecular weight is 372 g/mol. The molecule has 0 radical (unpaired) electrons. The van der Waals surface area contributed by atoms with Crippen molar-refractivity contribution in [3.63, 3.8) is 0 Å². The Kier molecular flexibility index (Phi) is 5.61. The Morgan fingerprint density at radius 2 is 1.54 bits per heavy atom. The van der Waals surface area contributed by atoms with Crippen molar-refractivity contribution in [1.82, 2.24) is 9.97 Å². The Hall–Kier alpha value is -3.21. The summed E-state index contributed by atoms with van der Waals surface area (Å²) in [6, 6.07) is 20.1. The highest BCUT2D eigenvalue weighted by Crippen LogP contribution is 2.22. The van der Waals surface area contributed by atoms with Crippen molar-refractivity contribution in [2.45, 2.75) is 38.3 Å². The van der Waals surface area contributed by atoms with Crippen LogP contribution in [0.25, 0.3) is 0 Å². The number of carbonyl (C=O) groups is 1. The Balaban J connectivity index is 1.54. The molecule has 5 nitrogen and oxygen atoms in total. The minimum Gasteiger partial charge on any atom is -0.351 e. The summed E-state index contributed by atoms with van der Waals surface area (Å²) < 4.78 is 0. The molecule has 1 fully saturated rings. The number of benzene rings is 2. The molecule has 4 rings (SSSR count). The molecule has 0 aliphatic heterocycles. The van der Waals surface area contributed by atoms with Gasteiger partial charge < -0.3 is 10.2 Å². The molecule has 142 valence electrons.